The monoisotopic (exact) mass is 505 g/mol. The lowest BCUT2D eigenvalue weighted by atomic mass is 9.79. The average molecular weight is 506 g/mol. The molecule has 0 radical (unpaired) electrons. The zero-order valence-electron chi connectivity index (χ0n) is 18.9. The molecule has 1 atom stereocenters. The summed E-state index contributed by atoms with van der Waals surface area (Å²) in [7, 11) is 0. The van der Waals surface area contributed by atoms with Crippen molar-refractivity contribution in [1.82, 2.24) is 15.0 Å². The van der Waals surface area contributed by atoms with E-state index in [4.69, 9.17) is 27.7 Å². The van der Waals surface area contributed by atoms with Crippen molar-refractivity contribution in [3.05, 3.63) is 105 Å². The molecule has 0 fully saturated rings. The first-order valence-corrected chi connectivity index (χ1v) is 12.0. The number of pyridine rings is 1. The summed E-state index contributed by atoms with van der Waals surface area (Å²) < 4.78 is 5.47. The van der Waals surface area contributed by atoms with Crippen molar-refractivity contribution in [2.24, 2.45) is 0 Å². The summed E-state index contributed by atoms with van der Waals surface area (Å²) in [5.41, 5.74) is 1.91. The molecule has 2 aromatic heterocycles. The van der Waals surface area contributed by atoms with Crippen LogP contribution in [0.15, 0.2) is 77.6 Å². The lowest BCUT2D eigenvalue weighted by molar-refractivity contribution is 0.0586. The third kappa shape index (κ3) is 4.03. The van der Waals surface area contributed by atoms with Crippen LogP contribution in [-0.2, 0) is 5.54 Å². The molecule has 0 bridgehead atoms. The van der Waals surface area contributed by atoms with Gasteiger partial charge in [0.15, 0.2) is 11.5 Å². The Hall–Kier alpha value is -3.48. The van der Waals surface area contributed by atoms with E-state index in [0.717, 1.165) is 17.5 Å². The summed E-state index contributed by atoms with van der Waals surface area (Å²) in [6.45, 7) is 2.47. The van der Waals surface area contributed by atoms with Gasteiger partial charge in [-0.15, -0.1) is 0 Å². The van der Waals surface area contributed by atoms with Crippen LogP contribution in [0.5, 0.6) is 0 Å². The van der Waals surface area contributed by atoms with Crippen LogP contribution >= 0.6 is 23.2 Å². The van der Waals surface area contributed by atoms with Crippen LogP contribution in [0.2, 0.25) is 10.0 Å². The van der Waals surface area contributed by atoms with Gasteiger partial charge in [0, 0.05) is 58.2 Å². The number of hydrogen-bond donors (Lipinski definition) is 0. The molecule has 1 unspecified atom stereocenters. The van der Waals surface area contributed by atoms with E-state index in [9.17, 15) is 9.59 Å². The second-order valence-electron chi connectivity index (χ2n) is 8.43. The van der Waals surface area contributed by atoms with Crippen molar-refractivity contribution >= 4 is 34.9 Å². The van der Waals surface area contributed by atoms with Crippen molar-refractivity contribution in [3.63, 3.8) is 0 Å². The summed E-state index contributed by atoms with van der Waals surface area (Å²) in [6.07, 6.45) is 3.97. The van der Waals surface area contributed by atoms with E-state index in [2.05, 4.69) is 10.1 Å². The number of halogens is 2. The highest BCUT2D eigenvalue weighted by molar-refractivity contribution is 6.30. The Bertz CT molecular complexity index is 1400. The molecule has 2 aromatic carbocycles. The lowest BCUT2D eigenvalue weighted by Crippen LogP contribution is -2.46. The van der Waals surface area contributed by atoms with E-state index in [-0.39, 0.29) is 23.8 Å². The Labute approximate surface area is 212 Å². The zero-order valence-corrected chi connectivity index (χ0v) is 20.4. The van der Waals surface area contributed by atoms with E-state index in [1.807, 2.05) is 19.1 Å². The van der Waals surface area contributed by atoms with E-state index >= 15 is 0 Å². The van der Waals surface area contributed by atoms with E-state index in [1.54, 1.807) is 65.8 Å². The fourth-order valence-corrected chi connectivity index (χ4v) is 4.95. The van der Waals surface area contributed by atoms with Gasteiger partial charge in [0.25, 0.3) is 5.91 Å². The molecule has 4 aromatic rings. The summed E-state index contributed by atoms with van der Waals surface area (Å²) in [5.74, 6) is 0.0732. The molecule has 1 aliphatic rings. The highest BCUT2D eigenvalue weighted by Crippen LogP contribution is 2.47. The Balaban J connectivity index is 1.60. The van der Waals surface area contributed by atoms with Gasteiger partial charge in [0.2, 0.25) is 0 Å². The summed E-state index contributed by atoms with van der Waals surface area (Å²) in [6, 6.07) is 17.6. The Morgan fingerprint density at radius 1 is 1.03 bits per heavy atom. The highest BCUT2D eigenvalue weighted by atomic mass is 35.5. The lowest BCUT2D eigenvalue weighted by Gasteiger charge is -2.39. The molecule has 8 heteroatoms. The summed E-state index contributed by atoms with van der Waals surface area (Å²) in [4.78, 5) is 33.2. The molecule has 1 amide bonds. The molecule has 0 spiro atoms. The van der Waals surface area contributed by atoms with Gasteiger partial charge in [-0.25, -0.2) is 0 Å². The molecule has 1 aliphatic heterocycles. The molecule has 3 heterocycles. The van der Waals surface area contributed by atoms with Crippen molar-refractivity contribution in [2.75, 3.05) is 6.54 Å². The highest BCUT2D eigenvalue weighted by Gasteiger charge is 2.52. The minimum Gasteiger partial charge on any atom is -0.356 e. The van der Waals surface area contributed by atoms with Gasteiger partial charge in [0.05, 0.1) is 0 Å². The van der Waals surface area contributed by atoms with Gasteiger partial charge < -0.3 is 9.42 Å². The second-order valence-corrected chi connectivity index (χ2v) is 9.30. The van der Waals surface area contributed by atoms with Gasteiger partial charge in [-0.3, -0.25) is 14.6 Å². The predicted octanol–water partition coefficient (Wildman–Crippen LogP) is 6.43. The van der Waals surface area contributed by atoms with Gasteiger partial charge in [-0.2, -0.15) is 0 Å². The molecule has 0 N–H and O–H groups in total. The van der Waals surface area contributed by atoms with Crippen LogP contribution in [0.3, 0.4) is 0 Å². The standard InChI is InChI=1S/C27H21Cl2N3O3/c1-2-13-32-26(34)21-11-12-30-16-22(21)27(32,18-5-9-20(29)10-6-18)15-24(33)23-14-25(35-31-23)17-3-7-19(28)8-4-17/h3-12,14,16H,2,13,15H2,1H3. The number of Topliss-reactive ketones (excluding diaryl/α,β-unsaturated/α-hetero) is 1. The van der Waals surface area contributed by atoms with Crippen LogP contribution in [0.1, 0.15) is 51.7 Å². The smallest absolute Gasteiger partial charge is 0.255 e. The van der Waals surface area contributed by atoms with Crippen LogP contribution in [0.4, 0.5) is 0 Å². The third-order valence-corrected chi connectivity index (χ3v) is 6.82. The molecule has 0 saturated carbocycles. The Kier molecular flexibility index (Phi) is 6.17. The van der Waals surface area contributed by atoms with E-state index in [0.29, 0.717) is 33.5 Å². The summed E-state index contributed by atoms with van der Waals surface area (Å²) >= 11 is 12.2. The normalized spacial score (nSPS) is 17.0. The minimum absolute atomic E-state index is 0.0222. The SMILES string of the molecule is CCCN1C(=O)c2ccncc2C1(CC(=O)c1cc(-c2ccc(Cl)cc2)on1)c1ccc(Cl)cc1. The average Bonchev–Trinajstić information content (AvgIpc) is 3.45. The largest absolute Gasteiger partial charge is 0.356 e. The predicted molar refractivity (Wildman–Crippen MR) is 134 cm³/mol. The molecule has 35 heavy (non-hydrogen) atoms. The fraction of sp³-hybridized carbons (Fsp3) is 0.185. The minimum atomic E-state index is -1.04. The number of amides is 1. The molecule has 6 nitrogen and oxygen atoms in total. The van der Waals surface area contributed by atoms with E-state index < -0.39 is 5.54 Å². The topological polar surface area (TPSA) is 76.3 Å². The van der Waals surface area contributed by atoms with Crippen LogP contribution in [0.25, 0.3) is 11.3 Å². The van der Waals surface area contributed by atoms with Gasteiger partial charge in [-0.1, -0.05) is 47.4 Å². The number of benzene rings is 2. The van der Waals surface area contributed by atoms with Gasteiger partial charge in [0.1, 0.15) is 11.2 Å². The molecular weight excluding hydrogens is 485 g/mol. The second kappa shape index (κ2) is 9.29. The van der Waals surface area contributed by atoms with Crippen molar-refractivity contribution in [3.8, 4) is 11.3 Å². The molecule has 5 rings (SSSR count). The summed E-state index contributed by atoms with van der Waals surface area (Å²) in [5, 5.41) is 5.21. The number of ketones is 1. The van der Waals surface area contributed by atoms with Gasteiger partial charge in [-0.05, 0) is 54.4 Å². The maximum atomic E-state index is 13.7. The van der Waals surface area contributed by atoms with Crippen LogP contribution in [0, 0.1) is 0 Å². The third-order valence-electron chi connectivity index (χ3n) is 6.31. The maximum Gasteiger partial charge on any atom is 0.255 e. The van der Waals surface area contributed by atoms with Crippen LogP contribution in [-0.4, -0.2) is 33.3 Å². The number of nitrogens with zero attached hydrogens (tertiary/aromatic N) is 3. The molecule has 0 aliphatic carbocycles. The van der Waals surface area contributed by atoms with Crippen LogP contribution < -0.4 is 0 Å². The number of aromatic nitrogens is 2. The first-order valence-electron chi connectivity index (χ1n) is 11.2. The van der Waals surface area contributed by atoms with Crippen molar-refractivity contribution < 1.29 is 14.1 Å². The first-order chi connectivity index (χ1) is 16.9. The fourth-order valence-electron chi connectivity index (χ4n) is 4.70. The maximum absolute atomic E-state index is 13.7. The number of carbonyl (C=O) groups excluding carboxylic acids is 2. The zero-order chi connectivity index (χ0) is 24.6. The Morgan fingerprint density at radius 3 is 2.40 bits per heavy atom. The van der Waals surface area contributed by atoms with Gasteiger partial charge >= 0.3 is 0 Å². The molecule has 0 saturated heterocycles. The number of fused-ring (bicyclic) bond motifs is 1. The van der Waals surface area contributed by atoms with Crippen molar-refractivity contribution in [2.45, 2.75) is 25.3 Å². The quantitative estimate of drug-likeness (QED) is 0.270. The first kappa shape index (κ1) is 23.3. The molecular formula is C27H21Cl2N3O3. The number of rotatable bonds is 7. The van der Waals surface area contributed by atoms with E-state index in [1.165, 1.54) is 0 Å². The number of hydrogen-bond acceptors (Lipinski definition) is 5. The Morgan fingerprint density at radius 2 is 1.71 bits per heavy atom. The number of carbonyl (C=O) groups is 2. The van der Waals surface area contributed by atoms with Crippen molar-refractivity contribution in [1.29, 1.82) is 0 Å². The molecule has 176 valence electrons.